The van der Waals surface area contributed by atoms with Crippen LogP contribution in [0.2, 0.25) is 5.02 Å². The molecule has 2 aliphatic rings. The van der Waals surface area contributed by atoms with Gasteiger partial charge >= 0.3 is 5.97 Å². The van der Waals surface area contributed by atoms with Gasteiger partial charge in [-0.05, 0) is 78.6 Å². The second kappa shape index (κ2) is 8.88. The van der Waals surface area contributed by atoms with E-state index in [-0.39, 0.29) is 33.2 Å². The van der Waals surface area contributed by atoms with Crippen LogP contribution in [0.15, 0.2) is 41.6 Å². The van der Waals surface area contributed by atoms with Gasteiger partial charge in [-0.25, -0.2) is 13.2 Å². The van der Waals surface area contributed by atoms with Crippen LogP contribution in [0.3, 0.4) is 0 Å². The number of anilines is 1. The zero-order valence-electron chi connectivity index (χ0n) is 18.0. The Kier molecular flexibility index (Phi) is 5.90. The Morgan fingerprint density at radius 2 is 1.91 bits per heavy atom. The number of ether oxygens (including phenoxy) is 1. The summed E-state index contributed by atoms with van der Waals surface area (Å²) in [5.41, 5.74) is 1.04. The first-order valence-electron chi connectivity index (χ1n) is 11.0. The highest BCUT2D eigenvalue weighted by Gasteiger charge is 2.32. The Labute approximate surface area is 200 Å². The molecule has 0 spiro atoms. The number of halogens is 1. The van der Waals surface area contributed by atoms with Crippen molar-refractivity contribution in [3.8, 4) is 11.4 Å². The van der Waals surface area contributed by atoms with Crippen molar-refractivity contribution in [2.24, 2.45) is 0 Å². The number of carboxylic acid groups (broad SMARTS) is 1. The van der Waals surface area contributed by atoms with Crippen molar-refractivity contribution in [1.29, 1.82) is 0 Å². The van der Waals surface area contributed by atoms with E-state index in [0.29, 0.717) is 17.0 Å². The van der Waals surface area contributed by atoms with E-state index < -0.39 is 16.0 Å². The number of sulfonamides is 1. The summed E-state index contributed by atoms with van der Waals surface area (Å²) in [5, 5.41) is 20.8. The third kappa shape index (κ3) is 4.58. The van der Waals surface area contributed by atoms with Gasteiger partial charge in [-0.3, -0.25) is 4.72 Å². The smallest absolute Gasteiger partial charge is 0.335 e. The van der Waals surface area contributed by atoms with Gasteiger partial charge in [0.1, 0.15) is 12.1 Å². The van der Waals surface area contributed by atoms with Crippen molar-refractivity contribution >= 4 is 33.3 Å². The zero-order valence-corrected chi connectivity index (χ0v) is 19.6. The molecule has 0 unspecified atom stereocenters. The van der Waals surface area contributed by atoms with Crippen LogP contribution in [-0.2, 0) is 10.0 Å². The van der Waals surface area contributed by atoms with E-state index in [9.17, 15) is 18.3 Å². The number of aromatic carboxylic acids is 1. The van der Waals surface area contributed by atoms with E-state index in [2.05, 4.69) is 20.2 Å². The molecule has 2 fully saturated rings. The van der Waals surface area contributed by atoms with Gasteiger partial charge in [0.15, 0.2) is 0 Å². The van der Waals surface area contributed by atoms with Gasteiger partial charge in [0.05, 0.1) is 33.0 Å². The Balaban J connectivity index is 1.58. The van der Waals surface area contributed by atoms with E-state index >= 15 is 0 Å². The minimum absolute atomic E-state index is 0.0458. The molecule has 2 saturated carbocycles. The topological polar surface area (TPSA) is 136 Å². The molecule has 0 radical (unpaired) electrons. The maximum atomic E-state index is 13.6. The first-order chi connectivity index (χ1) is 16.3. The molecular weight excluding hydrogens is 482 g/mol. The number of hydrogen-bond donors (Lipinski definition) is 2. The van der Waals surface area contributed by atoms with E-state index in [1.54, 1.807) is 12.1 Å². The average Bonchev–Trinajstić information content (AvgIpc) is 3.26. The van der Waals surface area contributed by atoms with E-state index in [0.717, 1.165) is 38.5 Å². The van der Waals surface area contributed by atoms with Crippen LogP contribution < -0.4 is 9.46 Å². The average molecular weight is 504 g/mol. The van der Waals surface area contributed by atoms with Crippen molar-refractivity contribution in [3.63, 3.8) is 0 Å². The lowest BCUT2D eigenvalue weighted by Gasteiger charge is -2.20. The van der Waals surface area contributed by atoms with Crippen LogP contribution in [0, 0.1) is 0 Å². The molecule has 3 aromatic rings. The molecule has 2 aromatic carbocycles. The summed E-state index contributed by atoms with van der Waals surface area (Å²) >= 11 is 6.46. The van der Waals surface area contributed by atoms with E-state index in [1.165, 1.54) is 29.2 Å². The highest BCUT2D eigenvalue weighted by Crippen LogP contribution is 2.44. The van der Waals surface area contributed by atoms with Crippen LogP contribution in [0.5, 0.6) is 5.75 Å². The van der Waals surface area contributed by atoms with Gasteiger partial charge in [0.25, 0.3) is 10.0 Å². The molecule has 2 aliphatic carbocycles. The Morgan fingerprint density at radius 3 is 2.56 bits per heavy atom. The number of carboxylic acids is 1. The predicted octanol–water partition coefficient (Wildman–Crippen LogP) is 4.01. The SMILES string of the molecule is O=C(O)c1ccc(C2CC2)c(S(=O)(=O)Nc2cc(-n3cnnn3)c(Cl)cc2OC2CCCC2)c1. The molecule has 1 aromatic heterocycles. The second-order valence-electron chi connectivity index (χ2n) is 8.52. The molecule has 178 valence electrons. The third-order valence-electron chi connectivity index (χ3n) is 6.05. The number of carbonyl (C=O) groups is 1. The summed E-state index contributed by atoms with van der Waals surface area (Å²) in [4.78, 5) is 11.5. The number of tetrazole rings is 1. The maximum Gasteiger partial charge on any atom is 0.335 e. The molecule has 10 nitrogen and oxygen atoms in total. The fourth-order valence-corrected chi connectivity index (χ4v) is 5.81. The van der Waals surface area contributed by atoms with Gasteiger partial charge in [-0.1, -0.05) is 17.7 Å². The van der Waals surface area contributed by atoms with Crippen LogP contribution in [0.4, 0.5) is 5.69 Å². The lowest BCUT2D eigenvalue weighted by molar-refractivity contribution is 0.0696. The van der Waals surface area contributed by atoms with Crippen molar-refractivity contribution in [1.82, 2.24) is 20.2 Å². The summed E-state index contributed by atoms with van der Waals surface area (Å²) in [7, 11) is -4.16. The molecular formula is C22H22ClN5O5S. The quantitative estimate of drug-likeness (QED) is 0.470. The van der Waals surface area contributed by atoms with E-state index in [4.69, 9.17) is 16.3 Å². The molecule has 34 heavy (non-hydrogen) atoms. The molecule has 0 atom stereocenters. The summed E-state index contributed by atoms with van der Waals surface area (Å²) in [5.74, 6) is -0.818. The molecule has 1 heterocycles. The van der Waals surface area contributed by atoms with Crippen LogP contribution in [0.1, 0.15) is 60.4 Å². The van der Waals surface area contributed by atoms with Crippen molar-refractivity contribution < 1.29 is 23.1 Å². The van der Waals surface area contributed by atoms with Gasteiger partial charge in [0, 0.05) is 6.07 Å². The standard InChI is InChI=1S/C22H22ClN5O5S/c23-17-10-20(33-15-3-1-2-4-15)18(11-19(17)28-12-24-26-27-28)25-34(31,32)21-9-14(22(29)30)7-8-16(21)13-5-6-13/h7-13,15,25H,1-6H2,(H,29,30). The second-order valence-corrected chi connectivity index (χ2v) is 10.6. The van der Waals surface area contributed by atoms with Crippen LogP contribution in [-0.4, -0.2) is 45.8 Å². The molecule has 0 saturated heterocycles. The molecule has 5 rings (SSSR count). The Bertz CT molecular complexity index is 1340. The fourth-order valence-electron chi connectivity index (χ4n) is 4.19. The first kappa shape index (κ1) is 22.6. The third-order valence-corrected chi connectivity index (χ3v) is 7.78. The normalized spacial score (nSPS) is 16.5. The number of benzene rings is 2. The summed E-state index contributed by atoms with van der Waals surface area (Å²) in [6, 6.07) is 7.28. The number of nitrogens with zero attached hydrogens (tertiary/aromatic N) is 4. The minimum Gasteiger partial charge on any atom is -0.488 e. The maximum absolute atomic E-state index is 13.6. The van der Waals surface area contributed by atoms with Crippen molar-refractivity contribution in [2.45, 2.75) is 55.4 Å². The van der Waals surface area contributed by atoms with Crippen LogP contribution >= 0.6 is 11.6 Å². The molecule has 0 amide bonds. The van der Waals surface area contributed by atoms with Gasteiger partial charge in [-0.15, -0.1) is 5.10 Å². The number of nitrogens with one attached hydrogen (secondary N) is 1. The lowest BCUT2D eigenvalue weighted by atomic mass is 10.1. The Hall–Kier alpha value is -3.18. The fraction of sp³-hybridized carbons (Fsp3) is 0.364. The molecule has 2 N–H and O–H groups in total. The summed E-state index contributed by atoms with van der Waals surface area (Å²) < 4.78 is 37.2. The largest absolute Gasteiger partial charge is 0.488 e. The lowest BCUT2D eigenvalue weighted by Crippen LogP contribution is -2.18. The highest BCUT2D eigenvalue weighted by molar-refractivity contribution is 7.92. The van der Waals surface area contributed by atoms with Crippen molar-refractivity contribution in [3.05, 3.63) is 52.8 Å². The van der Waals surface area contributed by atoms with Crippen molar-refractivity contribution in [2.75, 3.05) is 4.72 Å². The highest BCUT2D eigenvalue weighted by atomic mass is 35.5. The first-order valence-corrected chi connectivity index (χ1v) is 12.8. The predicted molar refractivity (Wildman–Crippen MR) is 123 cm³/mol. The van der Waals surface area contributed by atoms with E-state index in [1.807, 2.05) is 0 Å². The van der Waals surface area contributed by atoms with Crippen LogP contribution in [0.25, 0.3) is 5.69 Å². The molecule has 0 aliphatic heterocycles. The number of rotatable bonds is 8. The monoisotopic (exact) mass is 503 g/mol. The number of hydrogen-bond acceptors (Lipinski definition) is 7. The zero-order chi connectivity index (χ0) is 23.9. The van der Waals surface area contributed by atoms with Gasteiger partial charge in [0.2, 0.25) is 0 Å². The number of aromatic nitrogens is 4. The summed E-state index contributed by atoms with van der Waals surface area (Å²) in [6.45, 7) is 0. The molecule has 12 heteroatoms. The Morgan fingerprint density at radius 1 is 1.15 bits per heavy atom. The van der Waals surface area contributed by atoms with Gasteiger partial charge < -0.3 is 9.84 Å². The molecule has 0 bridgehead atoms. The van der Waals surface area contributed by atoms with Gasteiger partial charge in [-0.2, -0.15) is 4.68 Å². The minimum atomic E-state index is -4.16. The summed E-state index contributed by atoms with van der Waals surface area (Å²) in [6.07, 6.45) is 6.82.